The molecule has 156 valence electrons. The molecule has 0 aromatic heterocycles. The van der Waals surface area contributed by atoms with Gasteiger partial charge in [0, 0.05) is 0 Å². The van der Waals surface area contributed by atoms with Crippen LogP contribution in [0.1, 0.15) is 49.7 Å². The van der Waals surface area contributed by atoms with Crippen LogP contribution in [0.25, 0.3) is 21.5 Å². The first-order valence-electron chi connectivity index (χ1n) is 11.4. The first-order chi connectivity index (χ1) is 14.6. The van der Waals surface area contributed by atoms with Gasteiger partial charge in [-0.1, -0.05) is 79.9 Å². The molecule has 0 saturated heterocycles. The normalized spacial score (nSPS) is 20.7. The number of hydrogen-bond acceptors (Lipinski definition) is 2. The van der Waals surface area contributed by atoms with Gasteiger partial charge in [0.15, 0.2) is 9.84 Å². The van der Waals surface area contributed by atoms with Gasteiger partial charge in [-0.3, -0.25) is 0 Å². The molecule has 0 amide bonds. The van der Waals surface area contributed by atoms with Crippen LogP contribution in [0.15, 0.2) is 60.7 Å². The third-order valence-corrected chi connectivity index (χ3v) is 9.27. The molecule has 1 fully saturated rings. The summed E-state index contributed by atoms with van der Waals surface area (Å²) in [6.07, 6.45) is 12.7. The van der Waals surface area contributed by atoms with Gasteiger partial charge in [-0.2, -0.15) is 0 Å². The molecule has 1 saturated carbocycles. The minimum Gasteiger partial charge on any atom is -0.228 e. The molecule has 0 bridgehead atoms. The standard InChI is InChI=1S/C27H30O2S/c28-30(29,18-6-9-20-7-2-1-3-8-20)23-14-17-25-22(19-23)13-16-26-24-11-5-4-10-21(24)12-15-27(25)26/h4-6,9-13,15-16,20,23H,1-3,7-8,14,17-19H2. The molecule has 0 heterocycles. The molecule has 30 heavy (non-hydrogen) atoms. The van der Waals surface area contributed by atoms with E-state index in [1.54, 1.807) is 0 Å². The highest BCUT2D eigenvalue weighted by Crippen LogP contribution is 2.35. The molecule has 3 aromatic rings. The summed E-state index contributed by atoms with van der Waals surface area (Å²) in [7, 11) is -3.10. The summed E-state index contributed by atoms with van der Waals surface area (Å²) in [5, 5.41) is 4.85. The average Bonchev–Trinajstić information content (AvgIpc) is 2.79. The summed E-state index contributed by atoms with van der Waals surface area (Å²) in [6, 6.07) is 17.3. The second-order valence-corrected chi connectivity index (χ2v) is 11.4. The van der Waals surface area contributed by atoms with E-state index in [1.807, 2.05) is 6.08 Å². The lowest BCUT2D eigenvalue weighted by atomic mass is 9.86. The van der Waals surface area contributed by atoms with Gasteiger partial charge in [0.1, 0.15) is 0 Å². The van der Waals surface area contributed by atoms with Gasteiger partial charge in [-0.25, -0.2) is 8.42 Å². The van der Waals surface area contributed by atoms with Crippen molar-refractivity contribution in [2.45, 2.75) is 56.6 Å². The number of rotatable bonds is 4. The number of fused-ring (bicyclic) bond motifs is 5. The van der Waals surface area contributed by atoms with Gasteiger partial charge < -0.3 is 0 Å². The highest BCUT2D eigenvalue weighted by Gasteiger charge is 2.29. The third-order valence-electron chi connectivity index (χ3n) is 7.19. The predicted octanol–water partition coefficient (Wildman–Crippen LogP) is 6.40. The third kappa shape index (κ3) is 3.80. The second kappa shape index (κ2) is 8.19. The second-order valence-electron chi connectivity index (χ2n) is 9.11. The number of benzene rings is 3. The van der Waals surface area contributed by atoms with Gasteiger partial charge in [-0.05, 0) is 70.7 Å². The van der Waals surface area contributed by atoms with Crippen molar-refractivity contribution in [1.82, 2.24) is 0 Å². The van der Waals surface area contributed by atoms with Crippen LogP contribution in [0, 0.1) is 5.92 Å². The summed E-state index contributed by atoms with van der Waals surface area (Å²) in [6.45, 7) is 0. The van der Waals surface area contributed by atoms with E-state index in [-0.39, 0.29) is 11.0 Å². The van der Waals surface area contributed by atoms with Crippen LogP contribution in [0.5, 0.6) is 0 Å². The molecule has 0 aliphatic heterocycles. The molecule has 0 spiro atoms. The van der Waals surface area contributed by atoms with Gasteiger partial charge in [-0.15, -0.1) is 0 Å². The number of hydrogen-bond donors (Lipinski definition) is 0. The summed E-state index contributed by atoms with van der Waals surface area (Å²) in [5.41, 5.74) is 2.57. The van der Waals surface area contributed by atoms with Crippen LogP contribution >= 0.6 is 0 Å². The summed E-state index contributed by atoms with van der Waals surface area (Å²) < 4.78 is 26.0. The first kappa shape index (κ1) is 19.8. The van der Waals surface area contributed by atoms with E-state index in [0.717, 1.165) is 12.8 Å². The molecule has 2 aliphatic rings. The van der Waals surface area contributed by atoms with E-state index in [1.165, 1.54) is 64.8 Å². The lowest BCUT2D eigenvalue weighted by Gasteiger charge is -2.26. The predicted molar refractivity (Wildman–Crippen MR) is 127 cm³/mol. The monoisotopic (exact) mass is 418 g/mol. The Morgan fingerprint density at radius 1 is 0.833 bits per heavy atom. The Morgan fingerprint density at radius 2 is 1.63 bits per heavy atom. The number of sulfone groups is 1. The average molecular weight is 419 g/mol. The van der Waals surface area contributed by atoms with Crippen molar-refractivity contribution >= 4 is 31.4 Å². The highest BCUT2D eigenvalue weighted by atomic mass is 32.2. The van der Waals surface area contributed by atoms with Crippen molar-refractivity contribution in [3.8, 4) is 0 Å². The van der Waals surface area contributed by atoms with Gasteiger partial charge in [0.05, 0.1) is 11.0 Å². The van der Waals surface area contributed by atoms with Crippen molar-refractivity contribution < 1.29 is 8.42 Å². The molecule has 1 atom stereocenters. The van der Waals surface area contributed by atoms with Crippen LogP contribution in [0.4, 0.5) is 0 Å². The molecule has 5 rings (SSSR count). The molecule has 2 aliphatic carbocycles. The number of aryl methyl sites for hydroxylation is 1. The summed E-state index contributed by atoms with van der Waals surface area (Å²) >= 11 is 0. The maximum Gasteiger partial charge on any atom is 0.157 e. The van der Waals surface area contributed by atoms with Crippen LogP contribution in [0.3, 0.4) is 0 Å². The first-order valence-corrected chi connectivity index (χ1v) is 13.1. The van der Waals surface area contributed by atoms with Crippen molar-refractivity contribution in [2.24, 2.45) is 5.92 Å². The lowest BCUT2D eigenvalue weighted by molar-refractivity contribution is 0.419. The van der Waals surface area contributed by atoms with E-state index in [0.29, 0.717) is 12.3 Å². The summed E-state index contributed by atoms with van der Waals surface area (Å²) in [5.74, 6) is 0.782. The lowest BCUT2D eigenvalue weighted by Crippen LogP contribution is -2.30. The zero-order valence-electron chi connectivity index (χ0n) is 17.5. The van der Waals surface area contributed by atoms with Gasteiger partial charge in [0.25, 0.3) is 0 Å². The fourth-order valence-electron chi connectivity index (χ4n) is 5.49. The van der Waals surface area contributed by atoms with Crippen LogP contribution < -0.4 is 0 Å². The van der Waals surface area contributed by atoms with Crippen molar-refractivity contribution in [3.05, 3.63) is 71.8 Å². The zero-order valence-corrected chi connectivity index (χ0v) is 18.3. The number of allylic oxidation sites excluding steroid dienone is 1. The van der Waals surface area contributed by atoms with E-state index >= 15 is 0 Å². The molecule has 1 unspecified atom stereocenters. The molecule has 0 radical (unpaired) electrons. The SMILES string of the molecule is O=S(=O)(CC=CC1CCCCC1)C1CCc2c(ccc3c2ccc2ccccc23)C1. The maximum atomic E-state index is 13.0. The van der Waals surface area contributed by atoms with Crippen LogP contribution in [0.2, 0.25) is 0 Å². The van der Waals surface area contributed by atoms with Crippen LogP contribution in [-0.4, -0.2) is 19.4 Å². The van der Waals surface area contributed by atoms with Crippen molar-refractivity contribution in [3.63, 3.8) is 0 Å². The van der Waals surface area contributed by atoms with Crippen LogP contribution in [-0.2, 0) is 22.7 Å². The molecular weight excluding hydrogens is 388 g/mol. The fourth-order valence-corrected chi connectivity index (χ4v) is 7.05. The van der Waals surface area contributed by atoms with E-state index < -0.39 is 9.84 Å². The van der Waals surface area contributed by atoms with Crippen molar-refractivity contribution in [1.29, 1.82) is 0 Å². The molecule has 2 nitrogen and oxygen atoms in total. The minimum atomic E-state index is -3.10. The molecule has 3 heteroatoms. The Labute approximate surface area is 179 Å². The van der Waals surface area contributed by atoms with Gasteiger partial charge in [0.2, 0.25) is 0 Å². The fraction of sp³-hybridized carbons (Fsp3) is 0.407. The molecule has 0 N–H and O–H groups in total. The minimum absolute atomic E-state index is 0.196. The summed E-state index contributed by atoms with van der Waals surface area (Å²) in [4.78, 5) is 0. The van der Waals surface area contributed by atoms with Gasteiger partial charge >= 0.3 is 0 Å². The Kier molecular flexibility index (Phi) is 5.41. The van der Waals surface area contributed by atoms with E-state index in [4.69, 9.17) is 0 Å². The van der Waals surface area contributed by atoms with E-state index in [2.05, 4.69) is 54.6 Å². The quantitative estimate of drug-likeness (QED) is 0.363. The topological polar surface area (TPSA) is 34.1 Å². The maximum absolute atomic E-state index is 13.0. The largest absolute Gasteiger partial charge is 0.228 e. The Hall–Kier alpha value is -2.13. The molecular formula is C27H30O2S. The Morgan fingerprint density at radius 3 is 2.50 bits per heavy atom. The Balaban J connectivity index is 1.37. The Bertz CT molecular complexity index is 1200. The van der Waals surface area contributed by atoms with E-state index in [9.17, 15) is 8.42 Å². The highest BCUT2D eigenvalue weighted by molar-refractivity contribution is 7.92. The smallest absolute Gasteiger partial charge is 0.157 e. The zero-order chi connectivity index (χ0) is 20.6. The van der Waals surface area contributed by atoms with Crippen molar-refractivity contribution in [2.75, 3.05) is 5.75 Å². The molecule has 3 aromatic carbocycles.